The fourth-order valence-corrected chi connectivity index (χ4v) is 3.17. The third-order valence-electron chi connectivity index (χ3n) is 3.57. The van der Waals surface area contributed by atoms with Gasteiger partial charge in [0.2, 0.25) is 5.91 Å². The van der Waals surface area contributed by atoms with Crippen LogP contribution in [0.1, 0.15) is 6.42 Å². The normalized spacial score (nSPS) is 13.8. The molecule has 0 unspecified atom stereocenters. The van der Waals surface area contributed by atoms with Crippen LogP contribution in [0.4, 0.5) is 10.5 Å². The number of para-hydroxylation sites is 1. The summed E-state index contributed by atoms with van der Waals surface area (Å²) >= 11 is 1.30. The summed E-state index contributed by atoms with van der Waals surface area (Å²) in [6, 6.07) is 16.7. The highest BCUT2D eigenvalue weighted by Gasteiger charge is 2.21. The first-order valence-corrected chi connectivity index (χ1v) is 8.74. The lowest BCUT2D eigenvalue weighted by atomic mass is 10.2. The van der Waals surface area contributed by atoms with E-state index in [1.165, 1.54) is 11.8 Å². The molecule has 1 aliphatic rings. The van der Waals surface area contributed by atoms with E-state index < -0.39 is 0 Å². The van der Waals surface area contributed by atoms with Gasteiger partial charge < -0.3 is 15.0 Å². The van der Waals surface area contributed by atoms with E-state index in [9.17, 15) is 9.59 Å². The molecule has 0 spiro atoms. The van der Waals surface area contributed by atoms with Gasteiger partial charge in [-0.15, -0.1) is 0 Å². The zero-order chi connectivity index (χ0) is 16.8. The van der Waals surface area contributed by atoms with Crippen molar-refractivity contribution < 1.29 is 14.3 Å². The number of nitrogens with zero attached hydrogens (tertiary/aromatic N) is 1. The second-order valence-corrected chi connectivity index (χ2v) is 6.39. The van der Waals surface area contributed by atoms with Crippen LogP contribution in [0.5, 0.6) is 11.5 Å². The fraction of sp³-hybridized carbons (Fsp3) is 0.222. The Morgan fingerprint density at radius 2 is 1.79 bits per heavy atom. The maximum atomic E-state index is 12.0. The van der Waals surface area contributed by atoms with E-state index in [4.69, 9.17) is 4.74 Å². The molecule has 2 aromatic rings. The average Bonchev–Trinajstić information content (AvgIpc) is 3.01. The van der Waals surface area contributed by atoms with Crippen molar-refractivity contribution in [1.29, 1.82) is 0 Å². The molecule has 1 N–H and O–H groups in total. The Hall–Kier alpha value is -2.47. The third kappa shape index (κ3) is 4.52. The van der Waals surface area contributed by atoms with Crippen LogP contribution in [0.25, 0.3) is 0 Å². The maximum Gasteiger partial charge on any atom is 0.281 e. The van der Waals surface area contributed by atoms with Crippen molar-refractivity contribution in [2.24, 2.45) is 0 Å². The van der Waals surface area contributed by atoms with Crippen LogP contribution in [0, 0.1) is 0 Å². The molecule has 0 saturated carbocycles. The van der Waals surface area contributed by atoms with Crippen molar-refractivity contribution >= 4 is 28.6 Å². The van der Waals surface area contributed by atoms with Gasteiger partial charge in [0.25, 0.3) is 5.24 Å². The Kier molecular flexibility index (Phi) is 5.38. The van der Waals surface area contributed by atoms with Gasteiger partial charge in [0.05, 0.1) is 0 Å². The Bertz CT molecular complexity index is 704. The molecule has 0 atom stereocenters. The quantitative estimate of drug-likeness (QED) is 0.863. The topological polar surface area (TPSA) is 58.6 Å². The maximum absolute atomic E-state index is 12.0. The number of thioether (sulfide) groups is 1. The molecule has 0 bridgehead atoms. The van der Waals surface area contributed by atoms with Gasteiger partial charge in [-0.05, 0) is 36.4 Å². The minimum absolute atomic E-state index is 0.0604. The lowest BCUT2D eigenvalue weighted by molar-refractivity contribution is -0.116. The van der Waals surface area contributed by atoms with Crippen molar-refractivity contribution in [3.05, 3.63) is 54.6 Å². The highest BCUT2D eigenvalue weighted by Crippen LogP contribution is 2.23. The van der Waals surface area contributed by atoms with Gasteiger partial charge in [-0.25, -0.2) is 0 Å². The standard InChI is InChI=1S/C18H18N2O3S/c21-17(10-11-20-12-13-24-18(20)22)19-14-6-8-16(9-7-14)23-15-4-2-1-3-5-15/h1-9H,10-13H2,(H,19,21). The van der Waals surface area contributed by atoms with Crippen molar-refractivity contribution in [3.63, 3.8) is 0 Å². The molecule has 1 aliphatic heterocycles. The largest absolute Gasteiger partial charge is 0.457 e. The van der Waals surface area contributed by atoms with Gasteiger partial charge in [-0.1, -0.05) is 30.0 Å². The van der Waals surface area contributed by atoms with Crippen molar-refractivity contribution in [2.45, 2.75) is 6.42 Å². The minimum atomic E-state index is -0.101. The molecular weight excluding hydrogens is 324 g/mol. The van der Waals surface area contributed by atoms with E-state index in [0.29, 0.717) is 24.4 Å². The van der Waals surface area contributed by atoms with Crippen LogP contribution in [-0.4, -0.2) is 34.9 Å². The highest BCUT2D eigenvalue weighted by atomic mass is 32.2. The number of carbonyl (C=O) groups is 2. The van der Waals surface area contributed by atoms with Crippen LogP contribution in [0.15, 0.2) is 54.6 Å². The number of rotatable bonds is 6. The first kappa shape index (κ1) is 16.4. The van der Waals surface area contributed by atoms with Crippen LogP contribution < -0.4 is 10.1 Å². The Labute approximate surface area is 145 Å². The Morgan fingerprint density at radius 3 is 2.46 bits per heavy atom. The van der Waals surface area contributed by atoms with Gasteiger partial charge in [-0.3, -0.25) is 9.59 Å². The molecule has 24 heavy (non-hydrogen) atoms. The van der Waals surface area contributed by atoms with E-state index in [1.54, 1.807) is 17.0 Å². The lowest BCUT2D eigenvalue weighted by Gasteiger charge is -2.14. The molecule has 124 valence electrons. The number of hydrogen-bond acceptors (Lipinski definition) is 4. The lowest BCUT2D eigenvalue weighted by Crippen LogP contribution is -2.27. The predicted octanol–water partition coefficient (Wildman–Crippen LogP) is 3.98. The third-order valence-corrected chi connectivity index (χ3v) is 4.46. The molecule has 2 amide bonds. The van der Waals surface area contributed by atoms with Gasteiger partial charge in [0.15, 0.2) is 0 Å². The molecule has 1 heterocycles. The number of nitrogens with one attached hydrogen (secondary N) is 1. The summed E-state index contributed by atoms with van der Waals surface area (Å²) < 4.78 is 5.71. The van der Waals surface area contributed by atoms with Gasteiger partial charge in [-0.2, -0.15) is 0 Å². The second kappa shape index (κ2) is 7.88. The molecule has 5 nitrogen and oxygen atoms in total. The summed E-state index contributed by atoms with van der Waals surface area (Å²) in [5.74, 6) is 2.18. The number of hydrogen-bond donors (Lipinski definition) is 1. The van der Waals surface area contributed by atoms with Gasteiger partial charge >= 0.3 is 0 Å². The van der Waals surface area contributed by atoms with Crippen LogP contribution in [-0.2, 0) is 4.79 Å². The molecule has 3 rings (SSSR count). The van der Waals surface area contributed by atoms with Crippen LogP contribution in [0.2, 0.25) is 0 Å². The first-order valence-electron chi connectivity index (χ1n) is 7.75. The van der Waals surface area contributed by atoms with Gasteiger partial charge in [0.1, 0.15) is 11.5 Å². The molecular formula is C18H18N2O3S. The molecule has 2 aromatic carbocycles. The molecule has 0 radical (unpaired) electrons. The zero-order valence-electron chi connectivity index (χ0n) is 13.1. The monoisotopic (exact) mass is 342 g/mol. The van der Waals surface area contributed by atoms with Crippen molar-refractivity contribution in [1.82, 2.24) is 4.90 Å². The fourth-order valence-electron chi connectivity index (χ4n) is 2.32. The summed E-state index contributed by atoms with van der Waals surface area (Å²) in [5.41, 5.74) is 0.711. The van der Waals surface area contributed by atoms with E-state index in [1.807, 2.05) is 42.5 Å². The Balaban J connectivity index is 1.48. The average molecular weight is 342 g/mol. The molecule has 0 aromatic heterocycles. The minimum Gasteiger partial charge on any atom is -0.457 e. The predicted molar refractivity (Wildman–Crippen MR) is 95.6 cm³/mol. The zero-order valence-corrected chi connectivity index (χ0v) is 13.9. The number of carbonyl (C=O) groups excluding carboxylic acids is 2. The summed E-state index contributed by atoms with van der Waals surface area (Å²) in [7, 11) is 0. The first-order chi connectivity index (χ1) is 11.7. The van der Waals surface area contributed by atoms with Crippen molar-refractivity contribution in [2.75, 3.05) is 24.2 Å². The van der Waals surface area contributed by atoms with E-state index in [-0.39, 0.29) is 11.1 Å². The summed E-state index contributed by atoms with van der Waals surface area (Å²) in [6.07, 6.45) is 0.300. The number of anilines is 1. The molecule has 6 heteroatoms. The van der Waals surface area contributed by atoms with Gasteiger partial charge in [0, 0.05) is 31.0 Å². The second-order valence-electron chi connectivity index (χ2n) is 5.34. The Morgan fingerprint density at radius 1 is 1.08 bits per heavy atom. The van der Waals surface area contributed by atoms with Crippen LogP contribution in [0.3, 0.4) is 0 Å². The number of benzene rings is 2. The summed E-state index contributed by atoms with van der Waals surface area (Å²) in [4.78, 5) is 25.1. The summed E-state index contributed by atoms with van der Waals surface area (Å²) in [5, 5.41) is 2.89. The summed E-state index contributed by atoms with van der Waals surface area (Å²) in [6.45, 7) is 1.19. The molecule has 1 saturated heterocycles. The SMILES string of the molecule is O=C(CCN1CCSC1=O)Nc1ccc(Oc2ccccc2)cc1. The number of ether oxygens (including phenoxy) is 1. The van der Waals surface area contributed by atoms with Crippen molar-refractivity contribution in [3.8, 4) is 11.5 Å². The van der Waals surface area contributed by atoms with E-state index in [0.717, 1.165) is 18.0 Å². The van der Waals surface area contributed by atoms with Crippen LogP contribution >= 0.6 is 11.8 Å². The number of amides is 2. The molecule has 1 fully saturated rings. The molecule has 0 aliphatic carbocycles. The van der Waals surface area contributed by atoms with E-state index in [2.05, 4.69) is 5.32 Å². The van der Waals surface area contributed by atoms with E-state index >= 15 is 0 Å². The highest BCUT2D eigenvalue weighted by molar-refractivity contribution is 8.13. The smallest absolute Gasteiger partial charge is 0.281 e.